The number of unbranched alkanes of at least 4 members (excludes halogenated alkanes) is 14. The van der Waals surface area contributed by atoms with Crippen LogP contribution in [0.4, 0.5) is 0 Å². The number of amides is 5. The van der Waals surface area contributed by atoms with Crippen LogP contribution >= 0.6 is 0 Å². The van der Waals surface area contributed by atoms with E-state index in [1.807, 2.05) is 0 Å². The first-order chi connectivity index (χ1) is 40.5. The van der Waals surface area contributed by atoms with Crippen molar-refractivity contribution in [3.8, 4) is 0 Å². The highest BCUT2D eigenvalue weighted by Gasteiger charge is 2.28. The first-order valence-electron chi connectivity index (χ1n) is 30.1. The predicted molar refractivity (Wildman–Crippen MR) is 309 cm³/mol. The Morgan fingerprint density at radius 1 is 0.388 bits per heavy atom. The van der Waals surface area contributed by atoms with Crippen LogP contribution in [-0.2, 0) is 76.5 Å². The normalized spacial score (nSPS) is 13.3. The molecule has 27 nitrogen and oxygen atoms in total. The molecule has 0 aromatic carbocycles. The van der Waals surface area contributed by atoms with E-state index in [0.717, 1.165) is 64.2 Å². The second-order valence-electron chi connectivity index (χ2n) is 21.3. The molecule has 0 aromatic rings. The second kappa shape index (κ2) is 51.1. The monoisotopic (exact) mass is 1220 g/mol. The van der Waals surface area contributed by atoms with Crippen molar-refractivity contribution in [1.29, 1.82) is 0 Å². The lowest BCUT2D eigenvalue weighted by Gasteiger charge is -2.19. The van der Waals surface area contributed by atoms with Gasteiger partial charge in [0.25, 0.3) is 0 Å². The lowest BCUT2D eigenvalue weighted by atomic mass is 9.94. The van der Waals surface area contributed by atoms with E-state index in [4.69, 9.17) is 29.2 Å². The van der Waals surface area contributed by atoms with Crippen molar-refractivity contribution in [3.05, 3.63) is 0 Å². The number of nitrogens with one attached hydrogen (secondary N) is 5. The summed E-state index contributed by atoms with van der Waals surface area (Å²) in [5.41, 5.74) is 0. The van der Waals surface area contributed by atoms with Crippen LogP contribution in [0.25, 0.3) is 0 Å². The molecule has 27 heteroatoms. The molecular weight excluding hydrogens is 1120 g/mol. The number of carbonyl (C=O) groups is 12. The Morgan fingerprint density at radius 2 is 0.847 bits per heavy atom. The van der Waals surface area contributed by atoms with Gasteiger partial charge in [-0.25, -0.2) is 14.4 Å². The van der Waals surface area contributed by atoms with Crippen LogP contribution in [0.2, 0.25) is 0 Å². The number of Topliss-reactive ketones (excluding diaryl/α,β-unsaturated/α-hetero) is 2. The highest BCUT2D eigenvalue weighted by Crippen LogP contribution is 2.17. The first kappa shape index (κ1) is 78.8. The smallest absolute Gasteiger partial charge is 0.328 e. The van der Waals surface area contributed by atoms with Crippen molar-refractivity contribution < 1.29 is 109 Å². The van der Waals surface area contributed by atoms with Gasteiger partial charge in [0.2, 0.25) is 29.5 Å². The molecule has 0 rings (SSSR count). The molecule has 11 N–H and O–H groups in total. The maximum atomic E-state index is 12.7. The number of hydrogen-bond donors (Lipinski definition) is 11. The number of hydrogen-bond acceptors (Lipinski definition) is 17. The van der Waals surface area contributed by atoms with Crippen molar-refractivity contribution in [2.24, 2.45) is 11.8 Å². The molecular formula is C58H101N5O22. The summed E-state index contributed by atoms with van der Waals surface area (Å²) in [5.74, 6) is -11.3. The molecule has 0 radical (unpaired) electrons. The molecule has 0 unspecified atom stereocenters. The van der Waals surface area contributed by atoms with Crippen molar-refractivity contribution in [3.63, 3.8) is 0 Å². The SMILES string of the molecule is C[C@@H](CCCCNC(=O)COCCOCCNC(=O)COCCOCCCC(=O)CC[C@H](NC(=O)CC[C@H](CC(=O)CC[C@H](NC(=O)CCCCCCCCCCCCCCCCC(=O)O)C(=O)O)C(=O)O)C(=O)O)C(=O)N[C@H](C(=O)O)[C@@H](C)O.[HH]. The number of ether oxygens (including phenoxy) is 4. The van der Waals surface area contributed by atoms with Gasteiger partial charge in [0.1, 0.15) is 36.9 Å². The Labute approximate surface area is 500 Å². The molecule has 0 fully saturated rings. The second-order valence-corrected chi connectivity index (χ2v) is 21.3. The summed E-state index contributed by atoms with van der Waals surface area (Å²) in [6.45, 7) is 3.96. The summed E-state index contributed by atoms with van der Waals surface area (Å²) in [6, 6.07) is -4.18. The van der Waals surface area contributed by atoms with Gasteiger partial charge in [0.05, 0.1) is 45.1 Å². The van der Waals surface area contributed by atoms with E-state index in [1.165, 1.54) is 26.2 Å². The molecule has 0 spiro atoms. The molecule has 0 aromatic heterocycles. The van der Waals surface area contributed by atoms with Crippen LogP contribution in [0.3, 0.4) is 0 Å². The highest BCUT2D eigenvalue weighted by molar-refractivity contribution is 5.88. The van der Waals surface area contributed by atoms with E-state index in [1.54, 1.807) is 6.92 Å². The summed E-state index contributed by atoms with van der Waals surface area (Å²) in [4.78, 5) is 144. The van der Waals surface area contributed by atoms with E-state index in [-0.39, 0.29) is 130 Å². The van der Waals surface area contributed by atoms with Crippen LogP contribution in [0.5, 0.6) is 0 Å². The average Bonchev–Trinajstić information content (AvgIpc) is 3.65. The maximum Gasteiger partial charge on any atom is 0.328 e. The zero-order valence-electron chi connectivity index (χ0n) is 50.0. The Balaban J connectivity index is 0. The van der Waals surface area contributed by atoms with Crippen molar-refractivity contribution in [1.82, 2.24) is 26.6 Å². The number of aliphatic hydroxyl groups excluding tert-OH is 1. The molecule has 0 aliphatic carbocycles. The van der Waals surface area contributed by atoms with E-state index in [2.05, 4.69) is 26.6 Å². The summed E-state index contributed by atoms with van der Waals surface area (Å²) < 4.78 is 21.4. The Hall–Kier alpha value is -6.16. The van der Waals surface area contributed by atoms with Gasteiger partial charge in [-0.3, -0.25) is 43.2 Å². The number of rotatable bonds is 59. The number of carbonyl (C=O) groups excluding carboxylic acids is 7. The van der Waals surface area contributed by atoms with E-state index >= 15 is 0 Å². The third kappa shape index (κ3) is 46.8. The van der Waals surface area contributed by atoms with Gasteiger partial charge >= 0.3 is 29.8 Å². The summed E-state index contributed by atoms with van der Waals surface area (Å²) in [5, 5.41) is 68.7. The van der Waals surface area contributed by atoms with Crippen molar-refractivity contribution >= 4 is 70.9 Å². The molecule has 0 aliphatic rings. The quantitative estimate of drug-likeness (QED) is 0.0382. The predicted octanol–water partition coefficient (Wildman–Crippen LogP) is 4.10. The van der Waals surface area contributed by atoms with E-state index < -0.39 is 102 Å². The Morgan fingerprint density at radius 3 is 1.33 bits per heavy atom. The third-order valence-electron chi connectivity index (χ3n) is 13.7. The fraction of sp³-hybridized carbons (Fsp3) is 0.793. The molecule has 85 heavy (non-hydrogen) atoms. The van der Waals surface area contributed by atoms with Gasteiger partial charge in [0.15, 0.2) is 6.04 Å². The Bertz CT molecular complexity index is 2000. The van der Waals surface area contributed by atoms with Crippen molar-refractivity contribution in [2.45, 2.75) is 218 Å². The minimum absolute atomic E-state index is 0. The molecule has 0 saturated heterocycles. The minimum Gasteiger partial charge on any atom is -0.481 e. The average molecular weight is 1220 g/mol. The van der Waals surface area contributed by atoms with Gasteiger partial charge in [-0.05, 0) is 58.3 Å². The van der Waals surface area contributed by atoms with Gasteiger partial charge in [-0.15, -0.1) is 0 Å². The zero-order chi connectivity index (χ0) is 63.6. The van der Waals surface area contributed by atoms with E-state index in [0.29, 0.717) is 38.6 Å². The number of aliphatic carboxylic acids is 5. The molecule has 6 atom stereocenters. The molecule has 490 valence electrons. The number of ketones is 2. The lowest BCUT2D eigenvalue weighted by Crippen LogP contribution is -2.49. The van der Waals surface area contributed by atoms with Crippen LogP contribution in [0, 0.1) is 11.8 Å². The Kier molecular flexibility index (Phi) is 47.4. The van der Waals surface area contributed by atoms with Crippen LogP contribution < -0.4 is 26.6 Å². The molecule has 0 bridgehead atoms. The fourth-order valence-electron chi connectivity index (χ4n) is 8.59. The first-order valence-corrected chi connectivity index (χ1v) is 30.1. The van der Waals surface area contributed by atoms with Gasteiger partial charge < -0.3 is 76.2 Å². The van der Waals surface area contributed by atoms with Crippen LogP contribution in [0.15, 0.2) is 0 Å². The number of carboxylic acid groups (broad SMARTS) is 5. The van der Waals surface area contributed by atoms with Crippen LogP contribution in [-0.4, -0.2) is 192 Å². The molecule has 0 aliphatic heterocycles. The third-order valence-corrected chi connectivity index (χ3v) is 13.7. The van der Waals surface area contributed by atoms with Crippen LogP contribution in [0.1, 0.15) is 195 Å². The standard InChI is InChI=1S/C58H99N5O22.H2/c1-41(54(73)63-53(42(2)64)58(80)81)20-17-18-30-59-50(69)39-85-37-35-83-33-31-60-51(70)40-84-36-34-82-32-19-21-44(65)25-27-46(56(76)77)62-49(68)29-24-43(55(74)75)38-45(66)26-28-47(57(78)79)61-48(67)22-15-13-11-9-7-5-3-4-6-8-10-12-14-16-23-52(71)72;/h41-43,46-47,53,64H,3-40H2,1-2H3,(H,59,69)(H,60,70)(H,61,67)(H,62,68)(H,63,73)(H,71,72)(H,74,75)(H,76,77)(H,78,79)(H,80,81);1H/t41-,42+,43+,46-,47-,53-;/m0./s1. The molecule has 0 heterocycles. The number of carboxylic acids is 5. The molecule has 5 amide bonds. The zero-order valence-corrected chi connectivity index (χ0v) is 50.0. The van der Waals surface area contributed by atoms with Crippen molar-refractivity contribution in [2.75, 3.05) is 65.9 Å². The summed E-state index contributed by atoms with van der Waals surface area (Å²) in [6.07, 6.45) is 13.1. The maximum absolute atomic E-state index is 12.7. The topological polar surface area (TPSA) is 423 Å². The van der Waals surface area contributed by atoms with Gasteiger partial charge in [-0.1, -0.05) is 90.4 Å². The number of aliphatic hydroxyl groups is 1. The lowest BCUT2D eigenvalue weighted by molar-refractivity contribution is -0.145. The molecule has 0 saturated carbocycles. The summed E-state index contributed by atoms with van der Waals surface area (Å²) >= 11 is 0. The summed E-state index contributed by atoms with van der Waals surface area (Å²) in [7, 11) is 0. The van der Waals surface area contributed by atoms with E-state index in [9.17, 15) is 78.0 Å². The van der Waals surface area contributed by atoms with Gasteiger partial charge in [0, 0.05) is 72.0 Å². The highest BCUT2D eigenvalue weighted by atomic mass is 16.5. The minimum atomic E-state index is -1.44. The largest absolute Gasteiger partial charge is 0.481 e. The van der Waals surface area contributed by atoms with Gasteiger partial charge in [-0.2, -0.15) is 0 Å². The fourth-order valence-corrected chi connectivity index (χ4v) is 8.59.